The average Bonchev–Trinajstić information content (AvgIpc) is 2.59. The number of ether oxygens (including phenoxy) is 1. The number of primary amides is 1. The largest absolute Gasteiger partial charge is 0.482 e. The molecule has 3 N–H and O–H groups in total. The summed E-state index contributed by atoms with van der Waals surface area (Å²) in [5.74, 6) is 0.478. The van der Waals surface area contributed by atoms with E-state index in [9.17, 15) is 4.79 Å². The van der Waals surface area contributed by atoms with E-state index in [1.54, 1.807) is 7.11 Å². The van der Waals surface area contributed by atoms with Gasteiger partial charge in [-0.15, -0.1) is 0 Å². The molecule has 1 aromatic carbocycles. The number of hydrogen-bond acceptors (Lipinski definition) is 2. The van der Waals surface area contributed by atoms with E-state index in [0.29, 0.717) is 0 Å². The monoisotopic (exact) mass is 206 g/mol. The van der Waals surface area contributed by atoms with Gasteiger partial charge < -0.3 is 15.5 Å². The number of aromatic nitrogens is 1. The first-order valence-corrected chi connectivity index (χ1v) is 4.51. The number of H-pyrrole nitrogens is 1. The smallest absolute Gasteiger partial charge is 0.214 e. The summed E-state index contributed by atoms with van der Waals surface area (Å²) >= 11 is 0. The lowest BCUT2D eigenvalue weighted by Crippen LogP contribution is -2.01. The number of amides is 1. The number of hydrogen-bond donors (Lipinski definition) is 2. The van der Waals surface area contributed by atoms with Crippen LogP contribution in [0.1, 0.15) is 6.92 Å². The Morgan fingerprint density at radius 3 is 2.53 bits per heavy atom. The fraction of sp³-hybridized carbons (Fsp3) is 0.182. The lowest BCUT2D eigenvalue weighted by atomic mass is 10.3. The van der Waals surface area contributed by atoms with Crippen LogP contribution >= 0.6 is 0 Å². The van der Waals surface area contributed by atoms with Crippen LogP contribution in [-0.2, 0) is 4.79 Å². The van der Waals surface area contributed by atoms with Crippen LogP contribution in [0, 0.1) is 0 Å². The van der Waals surface area contributed by atoms with Crippen molar-refractivity contribution in [2.75, 3.05) is 7.11 Å². The van der Waals surface area contributed by atoms with Gasteiger partial charge >= 0.3 is 0 Å². The molecule has 1 aromatic heterocycles. The fourth-order valence-electron chi connectivity index (χ4n) is 1.16. The number of para-hydroxylation sites is 1. The van der Waals surface area contributed by atoms with Crippen LogP contribution in [0.25, 0.3) is 10.9 Å². The Bertz CT molecular complexity index is 412. The Morgan fingerprint density at radius 1 is 1.40 bits per heavy atom. The molecule has 0 bridgehead atoms. The third-order valence-electron chi connectivity index (χ3n) is 1.73. The summed E-state index contributed by atoms with van der Waals surface area (Å²) in [5.41, 5.74) is 5.59. The molecule has 0 aliphatic heterocycles. The molecule has 4 heteroatoms. The first-order chi connectivity index (χ1) is 7.13. The van der Waals surface area contributed by atoms with Gasteiger partial charge in [-0.1, -0.05) is 18.2 Å². The van der Waals surface area contributed by atoms with Gasteiger partial charge in [0.25, 0.3) is 0 Å². The Morgan fingerprint density at radius 2 is 2.00 bits per heavy atom. The van der Waals surface area contributed by atoms with Crippen LogP contribution in [0.15, 0.2) is 30.3 Å². The Hall–Kier alpha value is -1.97. The highest BCUT2D eigenvalue weighted by Gasteiger charge is 1.96. The standard InChI is InChI=1S/C9H9NO.C2H5NO/c1-11-9-6-7-4-2-3-5-8(7)10-9;1-2(3)4/h2-6,10H,1H3;1H3,(H2,3,4). The van der Waals surface area contributed by atoms with Crippen molar-refractivity contribution < 1.29 is 9.53 Å². The van der Waals surface area contributed by atoms with Gasteiger partial charge in [-0.25, -0.2) is 0 Å². The maximum Gasteiger partial charge on any atom is 0.214 e. The summed E-state index contributed by atoms with van der Waals surface area (Å²) in [6, 6.07) is 10.1. The van der Waals surface area contributed by atoms with Crippen molar-refractivity contribution in [3.63, 3.8) is 0 Å². The number of aromatic amines is 1. The fourth-order valence-corrected chi connectivity index (χ4v) is 1.16. The summed E-state index contributed by atoms with van der Waals surface area (Å²) in [6.07, 6.45) is 0. The van der Waals surface area contributed by atoms with Crippen molar-refractivity contribution >= 4 is 16.8 Å². The Kier molecular flexibility index (Phi) is 3.74. The summed E-state index contributed by atoms with van der Waals surface area (Å²) in [7, 11) is 1.66. The molecule has 2 aromatic rings. The molecule has 0 spiro atoms. The zero-order valence-electron chi connectivity index (χ0n) is 8.78. The number of carbonyl (C=O) groups excluding carboxylic acids is 1. The number of nitrogens with two attached hydrogens (primary N) is 1. The molecule has 1 heterocycles. The quantitative estimate of drug-likeness (QED) is 0.745. The van der Waals surface area contributed by atoms with Gasteiger partial charge in [-0.2, -0.15) is 0 Å². The maximum absolute atomic E-state index is 9.22. The number of nitrogens with one attached hydrogen (secondary N) is 1. The van der Waals surface area contributed by atoms with Gasteiger partial charge in [-0.3, -0.25) is 4.79 Å². The molecule has 15 heavy (non-hydrogen) atoms. The number of methoxy groups -OCH3 is 1. The van der Waals surface area contributed by atoms with Crippen LogP contribution in [-0.4, -0.2) is 18.0 Å². The minimum atomic E-state index is -0.333. The van der Waals surface area contributed by atoms with Gasteiger partial charge in [0.1, 0.15) is 0 Å². The van der Waals surface area contributed by atoms with E-state index in [2.05, 4.69) is 10.7 Å². The van der Waals surface area contributed by atoms with Gasteiger partial charge in [0.15, 0.2) is 5.88 Å². The number of fused-ring (bicyclic) bond motifs is 1. The van der Waals surface area contributed by atoms with Crippen molar-refractivity contribution in [1.29, 1.82) is 0 Å². The van der Waals surface area contributed by atoms with E-state index in [4.69, 9.17) is 4.74 Å². The molecule has 0 atom stereocenters. The SMILES string of the molecule is CC(N)=O.COc1cc2ccccc2[nH]1. The lowest BCUT2D eigenvalue weighted by Gasteiger charge is -1.89. The molecule has 0 aliphatic carbocycles. The van der Waals surface area contributed by atoms with Gasteiger partial charge in [0.2, 0.25) is 5.91 Å². The maximum atomic E-state index is 9.22. The average molecular weight is 206 g/mol. The van der Waals surface area contributed by atoms with E-state index >= 15 is 0 Å². The third kappa shape index (κ3) is 3.34. The second-order valence-corrected chi connectivity index (χ2v) is 3.04. The minimum Gasteiger partial charge on any atom is -0.482 e. The van der Waals surface area contributed by atoms with Crippen molar-refractivity contribution in [2.45, 2.75) is 6.92 Å². The van der Waals surface area contributed by atoms with Crippen molar-refractivity contribution in [3.05, 3.63) is 30.3 Å². The van der Waals surface area contributed by atoms with Crippen LogP contribution in [0.3, 0.4) is 0 Å². The first kappa shape index (κ1) is 11.1. The molecule has 0 fully saturated rings. The highest BCUT2D eigenvalue weighted by atomic mass is 16.5. The van der Waals surface area contributed by atoms with Crippen molar-refractivity contribution in [3.8, 4) is 5.88 Å². The van der Waals surface area contributed by atoms with Gasteiger partial charge in [0.05, 0.1) is 7.11 Å². The molecule has 4 nitrogen and oxygen atoms in total. The van der Waals surface area contributed by atoms with Crippen molar-refractivity contribution in [1.82, 2.24) is 4.98 Å². The van der Waals surface area contributed by atoms with Crippen molar-refractivity contribution in [2.24, 2.45) is 5.73 Å². The minimum absolute atomic E-state index is 0.333. The molecule has 0 saturated heterocycles. The summed E-state index contributed by atoms with van der Waals surface area (Å²) in [4.78, 5) is 12.3. The zero-order valence-corrected chi connectivity index (χ0v) is 8.78. The van der Waals surface area contributed by atoms with Crippen LogP contribution in [0.2, 0.25) is 0 Å². The lowest BCUT2D eigenvalue weighted by molar-refractivity contribution is -0.115. The summed E-state index contributed by atoms with van der Waals surface area (Å²) in [5, 5.41) is 1.18. The molecule has 2 rings (SSSR count). The summed E-state index contributed by atoms with van der Waals surface area (Å²) < 4.78 is 5.04. The van der Waals surface area contributed by atoms with E-state index in [0.717, 1.165) is 11.4 Å². The number of benzene rings is 1. The summed E-state index contributed by atoms with van der Waals surface area (Å²) in [6.45, 7) is 1.31. The highest BCUT2D eigenvalue weighted by molar-refractivity contribution is 5.81. The molecule has 80 valence electrons. The second-order valence-electron chi connectivity index (χ2n) is 3.04. The van der Waals surface area contributed by atoms with Gasteiger partial charge in [-0.05, 0) is 6.07 Å². The van der Waals surface area contributed by atoms with E-state index in [-0.39, 0.29) is 5.91 Å². The van der Waals surface area contributed by atoms with E-state index in [1.807, 2.05) is 30.3 Å². The third-order valence-corrected chi connectivity index (χ3v) is 1.73. The van der Waals surface area contributed by atoms with Gasteiger partial charge in [0, 0.05) is 23.9 Å². The van der Waals surface area contributed by atoms with Crippen LogP contribution in [0.5, 0.6) is 5.88 Å². The predicted molar refractivity (Wildman–Crippen MR) is 59.7 cm³/mol. The topological polar surface area (TPSA) is 68.1 Å². The molecule has 1 amide bonds. The Balaban J connectivity index is 0.000000245. The first-order valence-electron chi connectivity index (χ1n) is 4.51. The predicted octanol–water partition coefficient (Wildman–Crippen LogP) is 1.67. The normalized spacial score (nSPS) is 9.20. The zero-order chi connectivity index (χ0) is 11.3. The molecule has 0 unspecified atom stereocenters. The van der Waals surface area contributed by atoms with Crippen LogP contribution in [0.4, 0.5) is 0 Å². The molecule has 0 radical (unpaired) electrons. The Labute approximate surface area is 88.0 Å². The number of rotatable bonds is 1. The molecule has 0 aliphatic rings. The van der Waals surface area contributed by atoms with E-state index in [1.165, 1.54) is 12.3 Å². The van der Waals surface area contributed by atoms with E-state index < -0.39 is 0 Å². The second kappa shape index (κ2) is 5.05. The number of carbonyl (C=O) groups is 1. The highest BCUT2D eigenvalue weighted by Crippen LogP contribution is 2.18. The van der Waals surface area contributed by atoms with Crippen LogP contribution < -0.4 is 10.5 Å². The molecule has 0 saturated carbocycles. The molecular formula is C11H14N2O2. The molecular weight excluding hydrogens is 192 g/mol.